The normalized spacial score (nSPS) is 10.1. The maximum Gasteiger partial charge on any atom is 0.342 e. The van der Waals surface area contributed by atoms with E-state index in [2.05, 4.69) is 15.1 Å². The number of hydrogen-bond acceptors (Lipinski definition) is 5. The predicted molar refractivity (Wildman–Crippen MR) is 55.3 cm³/mol. The lowest BCUT2D eigenvalue weighted by molar-refractivity contribution is 0.101. The molecule has 0 bridgehead atoms. The molecule has 82 valence electrons. The van der Waals surface area contributed by atoms with Crippen molar-refractivity contribution in [3.63, 3.8) is 0 Å². The Hall–Kier alpha value is -2.24. The lowest BCUT2D eigenvalue weighted by atomic mass is 10.2. The lowest BCUT2D eigenvalue weighted by Gasteiger charge is -1.99. The molecule has 2 aromatic rings. The first-order chi connectivity index (χ1) is 7.65. The minimum absolute atomic E-state index is 0.0324. The molecule has 2 heterocycles. The Bertz CT molecular complexity index is 504. The van der Waals surface area contributed by atoms with Gasteiger partial charge in [0.25, 0.3) is 0 Å². The first-order valence-electron chi connectivity index (χ1n) is 4.65. The third kappa shape index (κ3) is 2.22. The van der Waals surface area contributed by atoms with Gasteiger partial charge < -0.3 is 4.74 Å². The van der Waals surface area contributed by atoms with Crippen molar-refractivity contribution in [3.8, 4) is 11.9 Å². The van der Waals surface area contributed by atoms with E-state index in [1.165, 1.54) is 24.1 Å². The molecule has 0 N–H and O–H groups in total. The van der Waals surface area contributed by atoms with Crippen molar-refractivity contribution >= 4 is 5.78 Å². The van der Waals surface area contributed by atoms with Gasteiger partial charge in [-0.3, -0.25) is 9.48 Å². The molecule has 0 aliphatic carbocycles. The highest BCUT2D eigenvalue weighted by molar-refractivity contribution is 5.93. The molecule has 0 aliphatic heterocycles. The molecule has 0 saturated heterocycles. The molecule has 16 heavy (non-hydrogen) atoms. The Kier molecular flexibility index (Phi) is 2.63. The zero-order valence-electron chi connectivity index (χ0n) is 8.91. The second-order valence-electron chi connectivity index (χ2n) is 3.24. The molecular weight excluding hydrogens is 208 g/mol. The molecule has 2 rings (SSSR count). The molecule has 0 unspecified atom stereocenters. The molecule has 0 spiro atoms. The first kappa shape index (κ1) is 10.3. The van der Waals surface area contributed by atoms with E-state index < -0.39 is 0 Å². The highest BCUT2D eigenvalue weighted by atomic mass is 16.5. The van der Waals surface area contributed by atoms with Crippen LogP contribution in [0.3, 0.4) is 0 Å². The van der Waals surface area contributed by atoms with Gasteiger partial charge in [-0.2, -0.15) is 4.98 Å². The largest absolute Gasteiger partial charge is 0.404 e. The third-order valence-electron chi connectivity index (χ3n) is 1.92. The van der Waals surface area contributed by atoms with Crippen LogP contribution in [0.25, 0.3) is 0 Å². The molecule has 6 heteroatoms. The molecule has 0 aromatic carbocycles. The molecule has 0 atom stereocenters. The van der Waals surface area contributed by atoms with E-state index >= 15 is 0 Å². The minimum Gasteiger partial charge on any atom is -0.404 e. The first-order valence-corrected chi connectivity index (χ1v) is 4.65. The summed E-state index contributed by atoms with van der Waals surface area (Å²) in [5, 5.41) is 3.94. The van der Waals surface area contributed by atoms with Crippen LogP contribution in [-0.4, -0.2) is 25.5 Å². The van der Waals surface area contributed by atoms with E-state index in [0.717, 1.165) is 0 Å². The second kappa shape index (κ2) is 4.09. The number of aryl methyl sites for hydroxylation is 1. The van der Waals surface area contributed by atoms with Gasteiger partial charge in [-0.15, -0.1) is 5.10 Å². The number of hydrogen-bond donors (Lipinski definition) is 0. The van der Waals surface area contributed by atoms with Gasteiger partial charge >= 0.3 is 6.01 Å². The van der Waals surface area contributed by atoms with Gasteiger partial charge in [0.1, 0.15) is 6.33 Å². The summed E-state index contributed by atoms with van der Waals surface area (Å²) in [4.78, 5) is 18.9. The third-order valence-corrected chi connectivity index (χ3v) is 1.92. The van der Waals surface area contributed by atoms with E-state index in [0.29, 0.717) is 11.4 Å². The van der Waals surface area contributed by atoms with Crippen LogP contribution in [0.15, 0.2) is 24.7 Å². The average Bonchev–Trinajstić information content (AvgIpc) is 2.65. The number of carbonyl (C=O) groups is 1. The van der Waals surface area contributed by atoms with Crippen LogP contribution in [-0.2, 0) is 7.05 Å². The zero-order chi connectivity index (χ0) is 11.5. The lowest BCUT2D eigenvalue weighted by Crippen LogP contribution is -1.95. The maximum absolute atomic E-state index is 11.0. The van der Waals surface area contributed by atoms with Crippen LogP contribution in [0.4, 0.5) is 0 Å². The Balaban J connectivity index is 2.14. The summed E-state index contributed by atoms with van der Waals surface area (Å²) in [5.74, 6) is 0.325. The smallest absolute Gasteiger partial charge is 0.342 e. The van der Waals surface area contributed by atoms with Crippen molar-refractivity contribution in [2.45, 2.75) is 6.92 Å². The Morgan fingerprint density at radius 1 is 1.38 bits per heavy atom. The van der Waals surface area contributed by atoms with Crippen molar-refractivity contribution in [1.29, 1.82) is 0 Å². The van der Waals surface area contributed by atoms with Crippen molar-refractivity contribution in [3.05, 3.63) is 30.2 Å². The molecular formula is C10H10N4O2. The van der Waals surface area contributed by atoms with Crippen LogP contribution in [0.5, 0.6) is 11.9 Å². The highest BCUT2D eigenvalue weighted by Crippen LogP contribution is 2.14. The molecule has 0 radical (unpaired) electrons. The maximum atomic E-state index is 11.0. The van der Waals surface area contributed by atoms with Gasteiger partial charge in [0.15, 0.2) is 5.78 Å². The van der Waals surface area contributed by atoms with Gasteiger partial charge in [-0.05, 0) is 13.0 Å². The Morgan fingerprint density at radius 3 is 2.69 bits per heavy atom. The summed E-state index contributed by atoms with van der Waals surface area (Å²) in [6.45, 7) is 1.48. The van der Waals surface area contributed by atoms with Gasteiger partial charge in [0, 0.05) is 24.9 Å². The average molecular weight is 218 g/mol. The molecule has 0 fully saturated rings. The van der Waals surface area contributed by atoms with E-state index in [1.54, 1.807) is 19.2 Å². The Morgan fingerprint density at radius 2 is 2.19 bits per heavy atom. The van der Waals surface area contributed by atoms with Gasteiger partial charge in [-0.25, -0.2) is 4.98 Å². The SMILES string of the molecule is CC(=O)c1ccc(Oc2ncn(C)n2)nc1. The van der Waals surface area contributed by atoms with Crippen molar-refractivity contribution in [1.82, 2.24) is 19.7 Å². The van der Waals surface area contributed by atoms with E-state index in [9.17, 15) is 4.79 Å². The van der Waals surface area contributed by atoms with Gasteiger partial charge in [0.05, 0.1) is 0 Å². The summed E-state index contributed by atoms with van der Waals surface area (Å²) in [6, 6.07) is 3.48. The van der Waals surface area contributed by atoms with E-state index in [1.807, 2.05) is 0 Å². The number of ether oxygens (including phenoxy) is 1. The van der Waals surface area contributed by atoms with Gasteiger partial charge in [0.2, 0.25) is 5.88 Å². The number of nitrogens with zero attached hydrogens (tertiary/aromatic N) is 4. The van der Waals surface area contributed by atoms with E-state index in [4.69, 9.17) is 4.74 Å². The van der Waals surface area contributed by atoms with Crippen molar-refractivity contribution in [2.24, 2.45) is 7.05 Å². The predicted octanol–water partition coefficient (Wildman–Crippen LogP) is 1.20. The number of aromatic nitrogens is 4. The summed E-state index contributed by atoms with van der Waals surface area (Å²) in [6.07, 6.45) is 2.99. The molecule has 2 aromatic heterocycles. The van der Waals surface area contributed by atoms with Crippen molar-refractivity contribution in [2.75, 3.05) is 0 Å². The number of ketones is 1. The molecule has 0 amide bonds. The standard InChI is InChI=1S/C10H10N4O2/c1-7(15)8-3-4-9(11-5-8)16-10-12-6-14(2)13-10/h3-6H,1-2H3. The molecule has 6 nitrogen and oxygen atoms in total. The monoisotopic (exact) mass is 218 g/mol. The minimum atomic E-state index is -0.0324. The second-order valence-corrected chi connectivity index (χ2v) is 3.24. The van der Waals surface area contributed by atoms with Crippen molar-refractivity contribution < 1.29 is 9.53 Å². The number of carbonyl (C=O) groups excluding carboxylic acids is 1. The highest BCUT2D eigenvalue weighted by Gasteiger charge is 2.04. The van der Waals surface area contributed by atoms with Crippen LogP contribution in [0.1, 0.15) is 17.3 Å². The summed E-state index contributed by atoms with van der Waals surface area (Å²) in [7, 11) is 1.74. The van der Waals surface area contributed by atoms with Crippen LogP contribution in [0.2, 0.25) is 0 Å². The fraction of sp³-hybridized carbons (Fsp3) is 0.200. The zero-order valence-corrected chi connectivity index (χ0v) is 8.91. The van der Waals surface area contributed by atoms with Crippen LogP contribution >= 0.6 is 0 Å². The summed E-state index contributed by atoms with van der Waals surface area (Å²) in [5.41, 5.74) is 0.543. The van der Waals surface area contributed by atoms with Gasteiger partial charge in [-0.1, -0.05) is 0 Å². The fourth-order valence-corrected chi connectivity index (χ4v) is 1.11. The number of rotatable bonds is 3. The summed E-state index contributed by atoms with van der Waals surface area (Å²) < 4.78 is 6.80. The number of Topliss-reactive ketones (excluding diaryl/α,β-unsaturated/α-hetero) is 1. The Labute approximate surface area is 91.9 Å². The quantitative estimate of drug-likeness (QED) is 0.724. The fourth-order valence-electron chi connectivity index (χ4n) is 1.11. The number of pyridine rings is 1. The molecule has 0 saturated carbocycles. The van der Waals surface area contributed by atoms with E-state index in [-0.39, 0.29) is 11.8 Å². The topological polar surface area (TPSA) is 69.9 Å². The van der Waals surface area contributed by atoms with Crippen LogP contribution < -0.4 is 4.74 Å². The molecule has 0 aliphatic rings. The summed E-state index contributed by atoms with van der Waals surface area (Å²) >= 11 is 0. The van der Waals surface area contributed by atoms with Crippen LogP contribution in [0, 0.1) is 0 Å².